The fourth-order valence-electron chi connectivity index (χ4n) is 4.91. The highest BCUT2D eigenvalue weighted by atomic mass is 19.3. The molecule has 3 rings (SSSR count). The molecule has 0 bridgehead atoms. The average molecular weight is 425 g/mol. The molecule has 168 valence electrons. The fourth-order valence-corrected chi connectivity index (χ4v) is 4.91. The third-order valence-electron chi connectivity index (χ3n) is 6.60. The molecule has 0 radical (unpaired) electrons. The second kappa shape index (κ2) is 11.2. The van der Waals surface area contributed by atoms with Gasteiger partial charge in [0.2, 0.25) is 0 Å². The van der Waals surface area contributed by atoms with Gasteiger partial charge in [0.05, 0.1) is 24.9 Å². The van der Waals surface area contributed by atoms with Crippen molar-refractivity contribution in [2.45, 2.75) is 83.7 Å². The van der Waals surface area contributed by atoms with Crippen LogP contribution in [-0.2, 0) is 4.74 Å². The predicted octanol–water partition coefficient (Wildman–Crippen LogP) is 7.59. The first-order chi connectivity index (χ1) is 14.5. The van der Waals surface area contributed by atoms with E-state index in [1.165, 1.54) is 25.3 Å². The predicted molar refractivity (Wildman–Crippen MR) is 114 cm³/mol. The van der Waals surface area contributed by atoms with Crippen molar-refractivity contribution in [3.63, 3.8) is 0 Å². The summed E-state index contributed by atoms with van der Waals surface area (Å²) in [7, 11) is 0. The average Bonchev–Trinajstić information content (AvgIpc) is 2.74. The number of rotatable bonds is 8. The van der Waals surface area contributed by atoms with Crippen LogP contribution in [0.4, 0.5) is 13.2 Å². The normalized spacial score (nSPS) is 27.7. The Kier molecular flexibility index (Phi) is 8.67. The summed E-state index contributed by atoms with van der Waals surface area (Å²) in [4.78, 5) is 0. The minimum atomic E-state index is -2.88. The first-order valence-corrected chi connectivity index (χ1v) is 11.6. The van der Waals surface area contributed by atoms with Gasteiger partial charge in [-0.05, 0) is 81.3 Å². The van der Waals surface area contributed by atoms with Crippen molar-refractivity contribution in [3.05, 3.63) is 41.2 Å². The largest absolute Gasteiger partial charge is 0.493 e. The van der Waals surface area contributed by atoms with Gasteiger partial charge in [-0.2, -0.15) is 0 Å². The third-order valence-corrected chi connectivity index (χ3v) is 6.60. The summed E-state index contributed by atoms with van der Waals surface area (Å²) in [6.45, 7) is 5.02. The van der Waals surface area contributed by atoms with Gasteiger partial charge in [0.15, 0.2) is 0 Å². The summed E-state index contributed by atoms with van der Waals surface area (Å²) < 4.78 is 52.9. The molecular weight excluding hydrogens is 389 g/mol. The zero-order valence-electron chi connectivity index (χ0n) is 18.2. The fraction of sp³-hybridized carbons (Fsp3) is 0.680. The Hall–Kier alpha value is -1.49. The quantitative estimate of drug-likeness (QED) is 0.400. The Morgan fingerprint density at radius 3 is 2.43 bits per heavy atom. The summed E-state index contributed by atoms with van der Waals surface area (Å²) in [5.41, 5.74) is -0.180. The van der Waals surface area contributed by atoms with Crippen molar-refractivity contribution >= 4 is 0 Å². The highest BCUT2D eigenvalue weighted by molar-refractivity contribution is 5.41. The molecule has 1 aliphatic carbocycles. The Bertz CT molecular complexity index is 688. The molecule has 1 saturated heterocycles. The molecule has 2 aliphatic rings. The van der Waals surface area contributed by atoms with Crippen molar-refractivity contribution in [1.29, 1.82) is 0 Å². The molecule has 2 atom stereocenters. The van der Waals surface area contributed by atoms with E-state index in [1.807, 2.05) is 0 Å². The number of allylic oxidation sites excluding steroid dienone is 1. The van der Waals surface area contributed by atoms with Crippen molar-refractivity contribution in [2.75, 3.05) is 13.2 Å². The molecular formula is C25H35F3O2. The van der Waals surface area contributed by atoms with E-state index in [2.05, 4.69) is 19.1 Å². The topological polar surface area (TPSA) is 18.5 Å². The number of hydrogen-bond donors (Lipinski definition) is 0. The summed E-state index contributed by atoms with van der Waals surface area (Å²) >= 11 is 0. The number of hydrogen-bond acceptors (Lipinski definition) is 2. The van der Waals surface area contributed by atoms with E-state index in [4.69, 9.17) is 9.47 Å². The van der Waals surface area contributed by atoms with Gasteiger partial charge in [0.25, 0.3) is 6.43 Å². The second-order valence-corrected chi connectivity index (χ2v) is 8.71. The highest BCUT2D eigenvalue weighted by Gasteiger charge is 2.29. The molecule has 1 saturated carbocycles. The maximum atomic E-state index is 14.9. The van der Waals surface area contributed by atoms with E-state index < -0.39 is 17.8 Å². The molecule has 2 unspecified atom stereocenters. The molecule has 0 aromatic heterocycles. The monoisotopic (exact) mass is 424 g/mol. The summed E-state index contributed by atoms with van der Waals surface area (Å²) in [6.07, 6.45) is 10.1. The van der Waals surface area contributed by atoms with Gasteiger partial charge in [0.1, 0.15) is 11.6 Å². The first kappa shape index (κ1) is 23.2. The van der Waals surface area contributed by atoms with Crippen molar-refractivity contribution in [3.8, 4) is 5.75 Å². The molecule has 30 heavy (non-hydrogen) atoms. The standard InChI is InChI=1S/C25H35F3O2/c1-3-5-18-9-13-20(30-16-18)12-8-17-6-10-19(11-7-17)21-14-15-22(29-4-2)23(24(21)26)25(27)28/h8,12,14-15,17-20,25H,3-7,9-11,13,16H2,1-2H3/b12-8+. The van der Waals surface area contributed by atoms with Crippen LogP contribution in [0.1, 0.15) is 88.7 Å². The number of alkyl halides is 2. The van der Waals surface area contributed by atoms with Gasteiger partial charge in [-0.15, -0.1) is 0 Å². The van der Waals surface area contributed by atoms with E-state index in [9.17, 15) is 13.2 Å². The van der Waals surface area contributed by atoms with Gasteiger partial charge in [-0.25, -0.2) is 13.2 Å². The van der Waals surface area contributed by atoms with Crippen LogP contribution in [0.15, 0.2) is 24.3 Å². The highest BCUT2D eigenvalue weighted by Crippen LogP contribution is 2.41. The molecule has 1 heterocycles. The Morgan fingerprint density at radius 1 is 1.07 bits per heavy atom. The molecule has 0 amide bonds. The number of halogens is 3. The molecule has 0 N–H and O–H groups in total. The minimum Gasteiger partial charge on any atom is -0.493 e. The van der Waals surface area contributed by atoms with E-state index in [-0.39, 0.29) is 24.4 Å². The van der Waals surface area contributed by atoms with Gasteiger partial charge >= 0.3 is 0 Å². The van der Waals surface area contributed by atoms with Gasteiger partial charge in [-0.1, -0.05) is 31.6 Å². The van der Waals surface area contributed by atoms with E-state index in [0.29, 0.717) is 17.4 Å². The third kappa shape index (κ3) is 5.81. The maximum Gasteiger partial charge on any atom is 0.270 e. The van der Waals surface area contributed by atoms with Crippen molar-refractivity contribution in [2.24, 2.45) is 11.8 Å². The molecule has 1 aromatic carbocycles. The molecule has 2 nitrogen and oxygen atoms in total. The van der Waals surface area contributed by atoms with Crippen LogP contribution in [0.2, 0.25) is 0 Å². The van der Waals surface area contributed by atoms with E-state index >= 15 is 0 Å². The summed E-state index contributed by atoms with van der Waals surface area (Å²) in [5, 5.41) is 0. The van der Waals surface area contributed by atoms with Crippen LogP contribution in [-0.4, -0.2) is 19.3 Å². The SMILES string of the molecule is CCCC1CCC(/C=C/C2CCC(c3ccc(OCC)c(C(F)F)c3F)CC2)OC1. The van der Waals surface area contributed by atoms with Gasteiger partial charge in [-0.3, -0.25) is 0 Å². The molecule has 0 spiro atoms. The van der Waals surface area contributed by atoms with Crippen LogP contribution in [0.25, 0.3) is 0 Å². The lowest BCUT2D eigenvalue weighted by Crippen LogP contribution is -2.24. The zero-order chi connectivity index (χ0) is 21.5. The molecule has 1 aromatic rings. The summed E-state index contributed by atoms with van der Waals surface area (Å²) in [5.74, 6) is 0.325. The molecule has 1 aliphatic heterocycles. The van der Waals surface area contributed by atoms with Crippen molar-refractivity contribution in [1.82, 2.24) is 0 Å². The number of benzene rings is 1. The van der Waals surface area contributed by atoms with E-state index in [0.717, 1.165) is 38.7 Å². The lowest BCUT2D eigenvalue weighted by molar-refractivity contribution is 0.00806. The van der Waals surface area contributed by atoms with Gasteiger partial charge in [0, 0.05) is 0 Å². The Labute approximate surface area is 178 Å². The lowest BCUT2D eigenvalue weighted by atomic mass is 9.78. The van der Waals surface area contributed by atoms with Crippen LogP contribution < -0.4 is 4.74 Å². The van der Waals surface area contributed by atoms with Crippen molar-refractivity contribution < 1.29 is 22.6 Å². The first-order valence-electron chi connectivity index (χ1n) is 11.6. The maximum absolute atomic E-state index is 14.9. The molecule has 2 fully saturated rings. The van der Waals surface area contributed by atoms with E-state index in [1.54, 1.807) is 13.0 Å². The second-order valence-electron chi connectivity index (χ2n) is 8.71. The zero-order valence-corrected chi connectivity index (χ0v) is 18.2. The Balaban J connectivity index is 1.55. The van der Waals surface area contributed by atoms with Crippen LogP contribution in [0, 0.1) is 17.7 Å². The Morgan fingerprint density at radius 2 is 1.83 bits per heavy atom. The summed E-state index contributed by atoms with van der Waals surface area (Å²) in [6, 6.07) is 3.14. The van der Waals surface area contributed by atoms with Gasteiger partial charge < -0.3 is 9.47 Å². The number of ether oxygens (including phenoxy) is 2. The lowest BCUT2D eigenvalue weighted by Gasteiger charge is -2.29. The minimum absolute atomic E-state index is 0.0106. The molecule has 5 heteroatoms. The van der Waals surface area contributed by atoms with Crippen LogP contribution >= 0.6 is 0 Å². The van der Waals surface area contributed by atoms with Crippen LogP contribution in [0.3, 0.4) is 0 Å². The smallest absolute Gasteiger partial charge is 0.270 e. The van der Waals surface area contributed by atoms with Crippen LogP contribution in [0.5, 0.6) is 5.75 Å².